The van der Waals surface area contributed by atoms with Gasteiger partial charge in [-0.15, -0.1) is 5.10 Å². The third-order valence-corrected chi connectivity index (χ3v) is 6.44. The van der Waals surface area contributed by atoms with Crippen molar-refractivity contribution in [1.82, 2.24) is 19.5 Å². The van der Waals surface area contributed by atoms with E-state index in [0.717, 1.165) is 18.2 Å². The van der Waals surface area contributed by atoms with E-state index in [1.54, 1.807) is 34.8 Å². The van der Waals surface area contributed by atoms with Gasteiger partial charge in [-0.25, -0.2) is 8.91 Å². The second kappa shape index (κ2) is 12.8. The number of fused-ring (bicyclic) bond motifs is 1. The van der Waals surface area contributed by atoms with Gasteiger partial charge in [-0.05, 0) is 71.8 Å². The van der Waals surface area contributed by atoms with Gasteiger partial charge in [0, 0.05) is 30.1 Å². The lowest BCUT2D eigenvalue weighted by Gasteiger charge is -2.19. The first-order valence-electron chi connectivity index (χ1n) is 13.3. The summed E-state index contributed by atoms with van der Waals surface area (Å²) in [7, 11) is 1.09. The molecule has 0 saturated heterocycles. The van der Waals surface area contributed by atoms with Crippen molar-refractivity contribution in [2.75, 3.05) is 31.0 Å². The van der Waals surface area contributed by atoms with Gasteiger partial charge in [0.1, 0.15) is 18.1 Å². The van der Waals surface area contributed by atoms with E-state index < -0.39 is 18.6 Å². The largest absolute Gasteiger partial charge is 0.473 e. The molecule has 44 heavy (non-hydrogen) atoms. The minimum Gasteiger partial charge on any atom is -0.473 e. The zero-order valence-corrected chi connectivity index (χ0v) is 23.3. The molecule has 0 unspecified atom stereocenters. The highest BCUT2D eigenvalue weighted by Gasteiger charge is 2.31. The fourth-order valence-electron chi connectivity index (χ4n) is 4.31. The number of carbonyl (C=O) groups excluding carboxylic acids is 2. The van der Waals surface area contributed by atoms with E-state index in [0.29, 0.717) is 33.5 Å². The third kappa shape index (κ3) is 7.88. The minimum absolute atomic E-state index is 0.000644. The number of hydrogen-bond donors (Lipinski definition) is 2. The van der Waals surface area contributed by atoms with Gasteiger partial charge < -0.3 is 20.3 Å². The summed E-state index contributed by atoms with van der Waals surface area (Å²) in [6.07, 6.45) is -2.54. The van der Waals surface area contributed by atoms with Gasteiger partial charge in [0.05, 0.1) is 6.42 Å². The molecule has 0 bridgehead atoms. The second-order valence-corrected chi connectivity index (χ2v) is 9.85. The summed E-state index contributed by atoms with van der Waals surface area (Å²) in [5, 5.41) is 10.2. The van der Waals surface area contributed by atoms with Crippen molar-refractivity contribution < 1.29 is 31.9 Å². The van der Waals surface area contributed by atoms with E-state index in [2.05, 4.69) is 20.7 Å². The number of nitrogens with zero attached hydrogens (tertiary/aromatic N) is 4. The number of aromatic nitrogens is 3. The van der Waals surface area contributed by atoms with Crippen LogP contribution < -0.4 is 15.4 Å². The van der Waals surface area contributed by atoms with Crippen LogP contribution in [0, 0.1) is 5.82 Å². The highest BCUT2D eigenvalue weighted by molar-refractivity contribution is 5.94. The maximum Gasteiger partial charge on any atom is 0.406 e. The molecule has 2 aromatic heterocycles. The Balaban J connectivity index is 1.14. The highest BCUT2D eigenvalue weighted by atomic mass is 19.4. The first-order valence-corrected chi connectivity index (χ1v) is 13.3. The van der Waals surface area contributed by atoms with E-state index >= 15 is 0 Å². The van der Waals surface area contributed by atoms with Crippen molar-refractivity contribution in [2.24, 2.45) is 0 Å². The standard InChI is InChI=1S/C31H26F4N6O3/c1-40(18-31(33,34)35)29(43)22-6-13-26(14-7-22)44-19-36-30-38-27-15-8-23(17-41(27)39-30)21-4-11-25(12-5-21)37-28(42)16-20-2-9-24(32)10-3-20/h2-15,17H,16,18-19H2,1H3,(H,36,39)(H,37,42). The average molecular weight is 607 g/mol. The van der Waals surface area contributed by atoms with Crippen molar-refractivity contribution in [3.63, 3.8) is 0 Å². The molecule has 13 heteroatoms. The molecule has 0 saturated carbocycles. The fourth-order valence-corrected chi connectivity index (χ4v) is 4.31. The molecule has 0 atom stereocenters. The predicted octanol–water partition coefficient (Wildman–Crippen LogP) is 5.80. The van der Waals surface area contributed by atoms with E-state index in [1.165, 1.54) is 36.4 Å². The molecule has 0 aliphatic heterocycles. The van der Waals surface area contributed by atoms with Gasteiger partial charge in [0.2, 0.25) is 11.9 Å². The highest BCUT2D eigenvalue weighted by Crippen LogP contribution is 2.23. The summed E-state index contributed by atoms with van der Waals surface area (Å²) in [5.41, 5.74) is 3.79. The minimum atomic E-state index is -4.48. The van der Waals surface area contributed by atoms with Crippen molar-refractivity contribution >= 4 is 29.1 Å². The Morgan fingerprint density at radius 2 is 1.59 bits per heavy atom. The van der Waals surface area contributed by atoms with Crippen LogP contribution in [0.1, 0.15) is 15.9 Å². The lowest BCUT2D eigenvalue weighted by molar-refractivity contribution is -0.138. The molecule has 3 aromatic carbocycles. The van der Waals surface area contributed by atoms with E-state index in [-0.39, 0.29) is 30.4 Å². The normalized spacial score (nSPS) is 11.3. The third-order valence-electron chi connectivity index (χ3n) is 6.44. The van der Waals surface area contributed by atoms with Crippen LogP contribution in [-0.4, -0.2) is 57.8 Å². The summed E-state index contributed by atoms with van der Waals surface area (Å²) < 4.78 is 57.9. The van der Waals surface area contributed by atoms with Crippen LogP contribution in [0.4, 0.5) is 29.2 Å². The maximum absolute atomic E-state index is 13.1. The number of benzene rings is 3. The van der Waals surface area contributed by atoms with Gasteiger partial charge in [-0.3, -0.25) is 9.59 Å². The Hall–Kier alpha value is -5.46. The molecule has 5 rings (SSSR count). The molecule has 0 fully saturated rings. The molecule has 0 aliphatic carbocycles. The van der Waals surface area contributed by atoms with Crippen LogP contribution in [-0.2, 0) is 11.2 Å². The number of ether oxygens (including phenoxy) is 1. The van der Waals surface area contributed by atoms with E-state index in [1.807, 2.05) is 24.4 Å². The SMILES string of the molecule is CN(CC(F)(F)F)C(=O)c1ccc(OCNc2nc3ccc(-c4ccc(NC(=O)Cc5ccc(F)cc5)cc4)cn3n2)cc1. The summed E-state index contributed by atoms with van der Waals surface area (Å²) in [4.78, 5) is 29.5. The lowest BCUT2D eigenvalue weighted by atomic mass is 10.1. The first-order chi connectivity index (χ1) is 21.0. The fraction of sp³-hybridized carbons (Fsp3) is 0.161. The number of carbonyl (C=O) groups is 2. The summed E-state index contributed by atoms with van der Waals surface area (Å²) in [6.45, 7) is -1.34. The molecule has 0 spiro atoms. The molecule has 2 amide bonds. The number of anilines is 2. The summed E-state index contributed by atoms with van der Waals surface area (Å²) >= 11 is 0. The average Bonchev–Trinajstić information content (AvgIpc) is 3.40. The Morgan fingerprint density at radius 1 is 0.909 bits per heavy atom. The molecular formula is C31H26F4N6O3. The van der Waals surface area contributed by atoms with Crippen molar-refractivity contribution in [3.8, 4) is 16.9 Å². The van der Waals surface area contributed by atoms with Crippen LogP contribution in [0.2, 0.25) is 0 Å². The molecule has 226 valence electrons. The van der Waals surface area contributed by atoms with Crippen LogP contribution >= 0.6 is 0 Å². The Labute approximate surface area is 249 Å². The number of alkyl halides is 3. The van der Waals surface area contributed by atoms with E-state index in [9.17, 15) is 27.2 Å². The van der Waals surface area contributed by atoms with Crippen LogP contribution in [0.25, 0.3) is 16.8 Å². The number of nitrogens with one attached hydrogen (secondary N) is 2. The molecular weight excluding hydrogens is 580 g/mol. The predicted molar refractivity (Wildman–Crippen MR) is 156 cm³/mol. The van der Waals surface area contributed by atoms with Gasteiger partial charge in [-0.2, -0.15) is 18.2 Å². The van der Waals surface area contributed by atoms with Gasteiger partial charge >= 0.3 is 6.18 Å². The smallest absolute Gasteiger partial charge is 0.406 e. The molecule has 2 N–H and O–H groups in total. The molecule has 9 nitrogen and oxygen atoms in total. The first kappa shape index (κ1) is 30.0. The lowest BCUT2D eigenvalue weighted by Crippen LogP contribution is -2.35. The number of hydrogen-bond acceptors (Lipinski definition) is 6. The number of pyridine rings is 1. The Morgan fingerprint density at radius 3 is 2.27 bits per heavy atom. The van der Waals surface area contributed by atoms with Crippen LogP contribution in [0.15, 0.2) is 91.1 Å². The quantitative estimate of drug-likeness (QED) is 0.154. The summed E-state index contributed by atoms with van der Waals surface area (Å²) in [6, 6.07) is 22.6. The number of halogens is 4. The Bertz CT molecular complexity index is 1760. The van der Waals surface area contributed by atoms with Crippen LogP contribution in [0.5, 0.6) is 5.75 Å². The second-order valence-electron chi connectivity index (χ2n) is 9.85. The summed E-state index contributed by atoms with van der Waals surface area (Å²) in [5.74, 6) is -0.609. The molecule has 5 aromatic rings. The van der Waals surface area contributed by atoms with Crippen molar-refractivity contribution in [3.05, 3.63) is 108 Å². The number of rotatable bonds is 10. The van der Waals surface area contributed by atoms with Gasteiger partial charge in [0.15, 0.2) is 12.4 Å². The van der Waals surface area contributed by atoms with E-state index in [4.69, 9.17) is 4.74 Å². The molecule has 0 radical (unpaired) electrons. The maximum atomic E-state index is 13.1. The van der Waals surface area contributed by atoms with Crippen LogP contribution in [0.3, 0.4) is 0 Å². The van der Waals surface area contributed by atoms with Gasteiger partial charge in [0.25, 0.3) is 5.91 Å². The van der Waals surface area contributed by atoms with Crippen molar-refractivity contribution in [2.45, 2.75) is 12.6 Å². The molecule has 0 aliphatic rings. The molecule has 2 heterocycles. The zero-order chi connectivity index (χ0) is 31.3. The topological polar surface area (TPSA) is 101 Å². The van der Waals surface area contributed by atoms with Crippen molar-refractivity contribution in [1.29, 1.82) is 0 Å². The number of amides is 2. The Kier molecular flexibility index (Phi) is 8.74. The monoisotopic (exact) mass is 606 g/mol. The van der Waals surface area contributed by atoms with Gasteiger partial charge in [-0.1, -0.05) is 24.3 Å². The zero-order valence-electron chi connectivity index (χ0n) is 23.3.